The van der Waals surface area contributed by atoms with Crippen LogP contribution in [-0.4, -0.2) is 17.6 Å². The van der Waals surface area contributed by atoms with Crippen molar-refractivity contribution in [2.45, 2.75) is 13.3 Å². The van der Waals surface area contributed by atoms with E-state index in [-0.39, 0.29) is 6.54 Å². The first-order valence-electron chi connectivity index (χ1n) is 4.65. The van der Waals surface area contributed by atoms with Crippen LogP contribution in [0.25, 0.3) is 0 Å². The second kappa shape index (κ2) is 5.01. The molecule has 0 saturated heterocycles. The second-order valence-corrected chi connectivity index (χ2v) is 3.10. The number of aryl methyl sites for hydroxylation is 1. The molecule has 0 aliphatic carbocycles. The van der Waals surface area contributed by atoms with Gasteiger partial charge in [-0.05, 0) is 24.1 Å². The average Bonchev–Trinajstić information content (AvgIpc) is 2.25. The van der Waals surface area contributed by atoms with Crippen LogP contribution in [-0.2, 0) is 11.2 Å². The average molecular weight is 204 g/mol. The van der Waals surface area contributed by atoms with Crippen LogP contribution in [0, 0.1) is 11.5 Å². The maximum atomic E-state index is 10.5. The van der Waals surface area contributed by atoms with Gasteiger partial charge in [0.15, 0.2) is 6.19 Å². The predicted octanol–water partition coefficient (Wildman–Crippen LogP) is 1.62. The molecule has 15 heavy (non-hydrogen) atoms. The second-order valence-electron chi connectivity index (χ2n) is 3.10. The fourth-order valence-corrected chi connectivity index (χ4v) is 1.26. The zero-order chi connectivity index (χ0) is 11.3. The number of hydrogen-bond donors (Lipinski definition) is 1. The quantitative estimate of drug-likeness (QED) is 0.598. The van der Waals surface area contributed by atoms with Crippen molar-refractivity contribution in [1.82, 2.24) is 0 Å². The van der Waals surface area contributed by atoms with Crippen LogP contribution in [0.1, 0.15) is 12.5 Å². The highest BCUT2D eigenvalue weighted by Crippen LogP contribution is 2.15. The molecule has 0 amide bonds. The zero-order valence-corrected chi connectivity index (χ0v) is 8.47. The minimum Gasteiger partial charge on any atom is -0.480 e. The number of carboxylic acids is 1. The molecular weight excluding hydrogens is 192 g/mol. The van der Waals surface area contributed by atoms with E-state index in [0.29, 0.717) is 5.69 Å². The van der Waals surface area contributed by atoms with Gasteiger partial charge in [0.1, 0.15) is 6.54 Å². The van der Waals surface area contributed by atoms with E-state index in [1.165, 1.54) is 0 Å². The minimum absolute atomic E-state index is 0.302. The highest BCUT2D eigenvalue weighted by atomic mass is 16.4. The first-order chi connectivity index (χ1) is 7.17. The Morgan fingerprint density at radius 1 is 1.60 bits per heavy atom. The van der Waals surface area contributed by atoms with Gasteiger partial charge in [-0.3, -0.25) is 9.69 Å². The van der Waals surface area contributed by atoms with Crippen LogP contribution in [0.2, 0.25) is 0 Å². The van der Waals surface area contributed by atoms with E-state index in [2.05, 4.69) is 0 Å². The molecule has 0 unspecified atom stereocenters. The van der Waals surface area contributed by atoms with Gasteiger partial charge in [0.25, 0.3) is 0 Å². The third-order valence-corrected chi connectivity index (χ3v) is 2.04. The summed E-state index contributed by atoms with van der Waals surface area (Å²) in [5, 5.41) is 17.4. The van der Waals surface area contributed by atoms with Crippen molar-refractivity contribution >= 4 is 11.7 Å². The molecule has 0 aliphatic rings. The SMILES string of the molecule is CCc1cccc(N(C#N)CC(=O)O)c1. The summed E-state index contributed by atoms with van der Waals surface area (Å²) in [6.07, 6.45) is 2.71. The molecule has 0 heterocycles. The van der Waals surface area contributed by atoms with E-state index < -0.39 is 5.97 Å². The monoisotopic (exact) mass is 204 g/mol. The Labute approximate surface area is 88.4 Å². The molecule has 0 saturated carbocycles. The Kier molecular flexibility index (Phi) is 3.69. The Morgan fingerprint density at radius 3 is 2.87 bits per heavy atom. The number of hydrogen-bond acceptors (Lipinski definition) is 3. The largest absolute Gasteiger partial charge is 0.480 e. The van der Waals surface area contributed by atoms with Gasteiger partial charge >= 0.3 is 5.97 Å². The molecule has 0 radical (unpaired) electrons. The predicted molar refractivity (Wildman–Crippen MR) is 56.4 cm³/mol. The molecule has 0 spiro atoms. The number of nitriles is 1. The molecular formula is C11H12N2O2. The number of rotatable bonds is 4. The van der Waals surface area contributed by atoms with Crippen LogP contribution in [0.4, 0.5) is 5.69 Å². The Balaban J connectivity index is 2.92. The number of benzene rings is 1. The van der Waals surface area contributed by atoms with Crippen LogP contribution < -0.4 is 4.90 Å². The molecule has 1 aromatic carbocycles. The summed E-state index contributed by atoms with van der Waals surface area (Å²) in [7, 11) is 0. The smallest absolute Gasteiger partial charge is 0.324 e. The van der Waals surface area contributed by atoms with Gasteiger partial charge < -0.3 is 5.11 Å². The van der Waals surface area contributed by atoms with Gasteiger partial charge in [-0.2, -0.15) is 5.26 Å². The Bertz CT molecular complexity index is 396. The van der Waals surface area contributed by atoms with Gasteiger partial charge in [0, 0.05) is 0 Å². The summed E-state index contributed by atoms with van der Waals surface area (Å²) in [5.74, 6) is -1.02. The van der Waals surface area contributed by atoms with Crippen molar-refractivity contribution in [3.63, 3.8) is 0 Å². The van der Waals surface area contributed by atoms with E-state index in [1.54, 1.807) is 6.07 Å². The van der Waals surface area contributed by atoms with Crippen LogP contribution in [0.5, 0.6) is 0 Å². The molecule has 0 aromatic heterocycles. The normalized spacial score (nSPS) is 9.33. The topological polar surface area (TPSA) is 64.3 Å². The van der Waals surface area contributed by atoms with E-state index >= 15 is 0 Å². The van der Waals surface area contributed by atoms with E-state index in [4.69, 9.17) is 10.4 Å². The highest BCUT2D eigenvalue weighted by Gasteiger charge is 2.09. The molecule has 0 aliphatic heterocycles. The Morgan fingerprint density at radius 2 is 2.33 bits per heavy atom. The lowest BCUT2D eigenvalue weighted by Gasteiger charge is -2.13. The summed E-state index contributed by atoms with van der Waals surface area (Å²) >= 11 is 0. The van der Waals surface area contributed by atoms with Crippen LogP contribution in [0.15, 0.2) is 24.3 Å². The minimum atomic E-state index is -1.02. The number of carbonyl (C=O) groups is 1. The zero-order valence-electron chi connectivity index (χ0n) is 8.47. The van der Waals surface area contributed by atoms with E-state index in [9.17, 15) is 4.79 Å². The third-order valence-electron chi connectivity index (χ3n) is 2.04. The van der Waals surface area contributed by atoms with Gasteiger partial charge in [0.05, 0.1) is 5.69 Å². The number of aliphatic carboxylic acids is 1. The third kappa shape index (κ3) is 2.99. The lowest BCUT2D eigenvalue weighted by molar-refractivity contribution is -0.135. The van der Waals surface area contributed by atoms with Crippen molar-refractivity contribution in [3.8, 4) is 6.19 Å². The van der Waals surface area contributed by atoms with Crippen molar-refractivity contribution in [2.24, 2.45) is 0 Å². The summed E-state index contributed by atoms with van der Waals surface area (Å²) in [6, 6.07) is 7.32. The first-order valence-corrected chi connectivity index (χ1v) is 4.65. The summed E-state index contributed by atoms with van der Waals surface area (Å²) < 4.78 is 0. The Hall–Kier alpha value is -2.02. The molecule has 0 bridgehead atoms. The van der Waals surface area contributed by atoms with Crippen molar-refractivity contribution in [3.05, 3.63) is 29.8 Å². The van der Waals surface area contributed by atoms with Crippen molar-refractivity contribution in [2.75, 3.05) is 11.4 Å². The molecule has 1 aromatic rings. The highest BCUT2D eigenvalue weighted by molar-refractivity contribution is 5.75. The number of anilines is 1. The van der Waals surface area contributed by atoms with Gasteiger partial charge in [0.2, 0.25) is 0 Å². The maximum Gasteiger partial charge on any atom is 0.324 e. The van der Waals surface area contributed by atoms with Crippen molar-refractivity contribution in [1.29, 1.82) is 5.26 Å². The number of carboxylic acid groups (broad SMARTS) is 1. The molecule has 0 fully saturated rings. The summed E-state index contributed by atoms with van der Waals surface area (Å²) in [5.41, 5.74) is 1.71. The molecule has 0 atom stereocenters. The lowest BCUT2D eigenvalue weighted by atomic mass is 10.1. The molecule has 1 N–H and O–H groups in total. The van der Waals surface area contributed by atoms with Crippen molar-refractivity contribution < 1.29 is 9.90 Å². The van der Waals surface area contributed by atoms with E-state index in [0.717, 1.165) is 16.9 Å². The lowest BCUT2D eigenvalue weighted by Crippen LogP contribution is -2.24. The summed E-state index contributed by atoms with van der Waals surface area (Å²) in [4.78, 5) is 11.7. The van der Waals surface area contributed by atoms with Gasteiger partial charge in [-0.15, -0.1) is 0 Å². The first kappa shape index (κ1) is 11.1. The molecule has 4 heteroatoms. The molecule has 78 valence electrons. The van der Waals surface area contributed by atoms with Crippen LogP contribution >= 0.6 is 0 Å². The van der Waals surface area contributed by atoms with Gasteiger partial charge in [-0.25, -0.2) is 0 Å². The summed E-state index contributed by atoms with van der Waals surface area (Å²) in [6.45, 7) is 1.71. The standard InChI is InChI=1S/C11H12N2O2/c1-2-9-4-3-5-10(6-9)13(8-12)7-11(14)15/h3-6H,2,7H2,1H3,(H,14,15). The molecule has 1 rings (SSSR count). The fourth-order valence-electron chi connectivity index (χ4n) is 1.26. The van der Waals surface area contributed by atoms with Crippen LogP contribution in [0.3, 0.4) is 0 Å². The van der Waals surface area contributed by atoms with E-state index in [1.807, 2.05) is 31.3 Å². The molecule has 4 nitrogen and oxygen atoms in total. The number of nitrogens with zero attached hydrogens (tertiary/aromatic N) is 2. The fraction of sp³-hybridized carbons (Fsp3) is 0.273. The van der Waals surface area contributed by atoms with Gasteiger partial charge in [-0.1, -0.05) is 19.1 Å². The maximum absolute atomic E-state index is 10.5.